The van der Waals surface area contributed by atoms with Gasteiger partial charge in [0, 0.05) is 31.6 Å². The van der Waals surface area contributed by atoms with Crippen LogP contribution in [0.2, 0.25) is 0 Å². The van der Waals surface area contributed by atoms with Crippen LogP contribution in [0, 0.1) is 11.8 Å². The molecule has 1 rings (SSSR count). The van der Waals surface area contributed by atoms with Gasteiger partial charge in [-0.1, -0.05) is 38.3 Å². The molecule has 0 saturated heterocycles. The summed E-state index contributed by atoms with van der Waals surface area (Å²) in [5, 5.41) is 10.3. The lowest BCUT2D eigenvalue weighted by molar-refractivity contribution is -0.147. The summed E-state index contributed by atoms with van der Waals surface area (Å²) in [4.78, 5) is 35.8. The molecule has 1 saturated carbocycles. The van der Waals surface area contributed by atoms with Gasteiger partial charge in [-0.05, 0) is 58.3 Å². The highest BCUT2D eigenvalue weighted by atomic mass is 16.5. The fraction of sp³-hybridized carbons (Fsp3) is 0.800. The average Bonchev–Trinajstić information content (AvgIpc) is 2.94. The van der Waals surface area contributed by atoms with Crippen molar-refractivity contribution in [1.82, 2.24) is 0 Å². The lowest BCUT2D eigenvalue weighted by Crippen LogP contribution is -2.21. The van der Waals surface area contributed by atoms with Crippen molar-refractivity contribution >= 4 is 17.5 Å². The van der Waals surface area contributed by atoms with Gasteiger partial charge in [0.05, 0.1) is 12.2 Å². The molecule has 0 radical (unpaired) electrons. The molecule has 1 fully saturated rings. The minimum Gasteiger partial charge on any atom is -0.463 e. The molecule has 0 aromatic heterocycles. The molecule has 0 heterocycles. The van der Waals surface area contributed by atoms with E-state index in [2.05, 4.69) is 13.0 Å². The summed E-state index contributed by atoms with van der Waals surface area (Å²) in [6.45, 7) is 5.83. The number of unbranched alkanes of at least 4 members (excludes halogenated alkanes) is 5. The Hall–Kier alpha value is -1.49. The quantitative estimate of drug-likeness (QED) is 0.206. The lowest BCUT2D eigenvalue weighted by Gasteiger charge is -2.19. The van der Waals surface area contributed by atoms with Crippen molar-refractivity contribution in [3.8, 4) is 0 Å². The molecule has 0 aromatic carbocycles. The highest BCUT2D eigenvalue weighted by Gasteiger charge is 2.40. The van der Waals surface area contributed by atoms with Crippen LogP contribution < -0.4 is 0 Å². The SMILES string of the molecule is CCCCCC(=O)CC[C@H]1C(O)CC(=O)C1C/C=C\CCCCCC(=O)OC(C)C. The highest BCUT2D eigenvalue weighted by molar-refractivity contribution is 5.84. The van der Waals surface area contributed by atoms with Gasteiger partial charge in [-0.3, -0.25) is 14.4 Å². The minimum absolute atomic E-state index is 0.0553. The molecule has 30 heavy (non-hydrogen) atoms. The monoisotopic (exact) mass is 422 g/mol. The molecule has 5 nitrogen and oxygen atoms in total. The number of carbonyl (C=O) groups is 3. The second-order valence-corrected chi connectivity index (χ2v) is 8.89. The minimum atomic E-state index is -0.607. The molecule has 5 heteroatoms. The maximum atomic E-state index is 12.3. The van der Waals surface area contributed by atoms with Crippen molar-refractivity contribution in [3.63, 3.8) is 0 Å². The van der Waals surface area contributed by atoms with Crippen LogP contribution in [0.3, 0.4) is 0 Å². The van der Waals surface area contributed by atoms with E-state index in [0.717, 1.165) is 44.9 Å². The summed E-state index contributed by atoms with van der Waals surface area (Å²) in [5.41, 5.74) is 0. The van der Waals surface area contributed by atoms with Gasteiger partial charge in [0.25, 0.3) is 0 Å². The zero-order valence-electron chi connectivity index (χ0n) is 19.2. The van der Waals surface area contributed by atoms with Gasteiger partial charge < -0.3 is 9.84 Å². The Morgan fingerprint density at radius 1 is 1.07 bits per heavy atom. The number of ketones is 2. The van der Waals surface area contributed by atoms with Crippen molar-refractivity contribution in [2.45, 2.75) is 116 Å². The molecule has 3 atom stereocenters. The maximum absolute atomic E-state index is 12.3. The van der Waals surface area contributed by atoms with Gasteiger partial charge in [-0.15, -0.1) is 0 Å². The summed E-state index contributed by atoms with van der Waals surface area (Å²) < 4.78 is 5.11. The summed E-state index contributed by atoms with van der Waals surface area (Å²) in [6.07, 6.45) is 13.4. The highest BCUT2D eigenvalue weighted by Crippen LogP contribution is 2.35. The number of rotatable bonds is 16. The predicted octanol–water partition coefficient (Wildman–Crippen LogP) is 5.33. The van der Waals surface area contributed by atoms with Gasteiger partial charge in [0.1, 0.15) is 11.6 Å². The smallest absolute Gasteiger partial charge is 0.306 e. The Morgan fingerprint density at radius 2 is 1.80 bits per heavy atom. The van der Waals surface area contributed by atoms with Crippen LogP contribution in [0.25, 0.3) is 0 Å². The molecule has 2 unspecified atom stereocenters. The van der Waals surface area contributed by atoms with Crippen molar-refractivity contribution in [2.75, 3.05) is 0 Å². The second kappa shape index (κ2) is 15.3. The zero-order chi connectivity index (χ0) is 22.4. The first-order valence-electron chi connectivity index (χ1n) is 11.9. The number of hydrogen-bond acceptors (Lipinski definition) is 5. The van der Waals surface area contributed by atoms with Crippen LogP contribution in [0.4, 0.5) is 0 Å². The molecule has 0 aromatic rings. The molecular formula is C25H42O5. The molecule has 1 aliphatic rings. The maximum Gasteiger partial charge on any atom is 0.306 e. The Kier molecular flexibility index (Phi) is 13.6. The van der Waals surface area contributed by atoms with E-state index in [0.29, 0.717) is 32.1 Å². The van der Waals surface area contributed by atoms with Crippen LogP contribution in [0.1, 0.15) is 104 Å². The van der Waals surface area contributed by atoms with Gasteiger partial charge in [-0.25, -0.2) is 0 Å². The van der Waals surface area contributed by atoms with Gasteiger partial charge in [-0.2, -0.15) is 0 Å². The van der Waals surface area contributed by atoms with Crippen molar-refractivity contribution < 1.29 is 24.2 Å². The number of esters is 1. The number of Topliss-reactive ketones (excluding diaryl/α,β-unsaturated/α-hetero) is 2. The Labute approximate surface area is 182 Å². The van der Waals surface area contributed by atoms with Crippen LogP contribution in [-0.4, -0.2) is 34.9 Å². The third-order valence-corrected chi connectivity index (χ3v) is 5.83. The van der Waals surface area contributed by atoms with E-state index in [4.69, 9.17) is 4.74 Å². The molecular weight excluding hydrogens is 380 g/mol. The van der Waals surface area contributed by atoms with E-state index in [1.165, 1.54) is 0 Å². The summed E-state index contributed by atoms with van der Waals surface area (Å²) in [7, 11) is 0. The van der Waals surface area contributed by atoms with E-state index < -0.39 is 6.10 Å². The molecule has 1 N–H and O–H groups in total. The van der Waals surface area contributed by atoms with Crippen molar-refractivity contribution in [1.29, 1.82) is 0 Å². The third-order valence-electron chi connectivity index (χ3n) is 5.83. The van der Waals surface area contributed by atoms with Gasteiger partial charge >= 0.3 is 5.97 Å². The topological polar surface area (TPSA) is 80.7 Å². The standard InChI is InChI=1S/C25H42O5/c1-4-5-10-13-20(26)16-17-22-21(23(27)18-24(22)28)14-11-8-6-7-9-12-15-25(29)30-19(2)3/h8,11,19,21-22,24,28H,4-7,9-10,12-18H2,1-3H3/b11-8-/t21?,22-,24?/m1/s1. The molecule has 0 amide bonds. The summed E-state index contributed by atoms with van der Waals surface area (Å²) in [6, 6.07) is 0. The van der Waals surface area contributed by atoms with E-state index in [9.17, 15) is 19.5 Å². The molecule has 0 aliphatic heterocycles. The Bertz CT molecular complexity index is 552. The first-order valence-corrected chi connectivity index (χ1v) is 11.9. The fourth-order valence-corrected chi connectivity index (χ4v) is 4.13. The number of carbonyl (C=O) groups excluding carboxylic acids is 3. The molecule has 0 bridgehead atoms. The molecule has 172 valence electrons. The van der Waals surface area contributed by atoms with E-state index in [1.807, 2.05) is 19.9 Å². The van der Waals surface area contributed by atoms with E-state index >= 15 is 0 Å². The van der Waals surface area contributed by atoms with Crippen LogP contribution in [-0.2, 0) is 19.1 Å². The number of aliphatic hydroxyl groups excluding tert-OH is 1. The van der Waals surface area contributed by atoms with Crippen molar-refractivity contribution in [2.24, 2.45) is 11.8 Å². The third kappa shape index (κ3) is 11.1. The second-order valence-electron chi connectivity index (χ2n) is 8.89. The summed E-state index contributed by atoms with van der Waals surface area (Å²) >= 11 is 0. The average molecular weight is 423 g/mol. The Morgan fingerprint density at radius 3 is 2.50 bits per heavy atom. The predicted molar refractivity (Wildman–Crippen MR) is 119 cm³/mol. The fourth-order valence-electron chi connectivity index (χ4n) is 4.13. The van der Waals surface area contributed by atoms with E-state index in [-0.39, 0.29) is 41.9 Å². The van der Waals surface area contributed by atoms with Crippen LogP contribution in [0.15, 0.2) is 12.2 Å². The van der Waals surface area contributed by atoms with Gasteiger partial charge in [0.2, 0.25) is 0 Å². The number of aliphatic hydroxyl groups is 1. The largest absolute Gasteiger partial charge is 0.463 e. The lowest BCUT2D eigenvalue weighted by atomic mass is 9.86. The normalized spacial score (nSPS) is 21.6. The number of allylic oxidation sites excluding steroid dienone is 2. The number of hydrogen-bond donors (Lipinski definition) is 1. The van der Waals surface area contributed by atoms with Gasteiger partial charge in [0.15, 0.2) is 0 Å². The zero-order valence-corrected chi connectivity index (χ0v) is 19.2. The summed E-state index contributed by atoms with van der Waals surface area (Å²) in [5.74, 6) is -0.00992. The molecule has 1 aliphatic carbocycles. The first kappa shape index (κ1) is 26.5. The van der Waals surface area contributed by atoms with E-state index in [1.54, 1.807) is 0 Å². The Balaban J connectivity index is 2.26. The van der Waals surface area contributed by atoms with Crippen LogP contribution >= 0.6 is 0 Å². The first-order chi connectivity index (χ1) is 14.3. The van der Waals surface area contributed by atoms with Crippen molar-refractivity contribution in [3.05, 3.63) is 12.2 Å². The van der Waals surface area contributed by atoms with Crippen LogP contribution in [0.5, 0.6) is 0 Å². The number of ether oxygens (including phenoxy) is 1. The molecule has 0 spiro atoms.